The van der Waals surface area contributed by atoms with E-state index < -0.39 is 26.0 Å². The van der Waals surface area contributed by atoms with Crippen LogP contribution in [0, 0.1) is 16.5 Å². The van der Waals surface area contributed by atoms with Crippen molar-refractivity contribution in [3.63, 3.8) is 0 Å². The number of ether oxygens (including phenoxy) is 1. The molecule has 3 aromatic carbocycles. The van der Waals surface area contributed by atoms with E-state index in [0.29, 0.717) is 24.3 Å². The highest BCUT2D eigenvalue weighted by molar-refractivity contribution is 6.99. The van der Waals surface area contributed by atoms with E-state index in [-0.39, 0.29) is 35.1 Å². The molecule has 7 nitrogen and oxygen atoms in total. The van der Waals surface area contributed by atoms with Crippen molar-refractivity contribution in [1.82, 2.24) is 9.55 Å². The van der Waals surface area contributed by atoms with Crippen LogP contribution in [0.5, 0.6) is 0 Å². The highest BCUT2D eigenvalue weighted by Crippen LogP contribution is 2.40. The Morgan fingerprint density at radius 3 is 2.05 bits per heavy atom. The minimum absolute atomic E-state index is 0.0100. The average Bonchev–Trinajstić information content (AvgIpc) is 3.41. The zero-order chi connectivity index (χ0) is 31.6. The molecule has 0 saturated carbocycles. The quantitative estimate of drug-likeness (QED) is 0.164. The van der Waals surface area contributed by atoms with Crippen molar-refractivity contribution in [2.45, 2.75) is 64.5 Å². The van der Waals surface area contributed by atoms with E-state index in [1.54, 1.807) is 17.7 Å². The van der Waals surface area contributed by atoms with Gasteiger partial charge in [-0.2, -0.15) is 0 Å². The highest BCUT2D eigenvalue weighted by atomic mass is 28.4. The smallest absolute Gasteiger partial charge is 0.261 e. The number of aryl methyl sites for hydroxylation is 1. The number of halogens is 2. The van der Waals surface area contributed by atoms with Crippen molar-refractivity contribution >= 4 is 24.4 Å². The van der Waals surface area contributed by atoms with Gasteiger partial charge in [-0.25, -0.2) is 13.8 Å². The summed E-state index contributed by atoms with van der Waals surface area (Å²) < 4.78 is 47.2. The van der Waals surface area contributed by atoms with Crippen LogP contribution in [0.4, 0.5) is 14.5 Å². The molecule has 10 heteroatoms. The molecule has 0 spiro atoms. The molecule has 1 saturated heterocycles. The Balaban J connectivity index is 1.70. The number of anilines is 1. The maximum atomic E-state index is 16.4. The molecule has 1 aliphatic heterocycles. The fraction of sp³-hybridized carbons (Fsp3) is 0.382. The molecule has 0 N–H and O–H groups in total. The maximum absolute atomic E-state index is 16.4. The maximum Gasteiger partial charge on any atom is 0.261 e. The lowest BCUT2D eigenvalue weighted by Gasteiger charge is -2.43. The summed E-state index contributed by atoms with van der Waals surface area (Å²) >= 11 is 0. The van der Waals surface area contributed by atoms with E-state index in [4.69, 9.17) is 9.16 Å². The largest absolute Gasteiger partial charge is 0.403 e. The molecule has 0 amide bonds. The molecular weight excluding hydrogens is 578 g/mol. The molecular formula is C34H40F2N4O3Si. The molecule has 44 heavy (non-hydrogen) atoms. The van der Waals surface area contributed by atoms with Crippen molar-refractivity contribution in [3.05, 3.63) is 113 Å². The van der Waals surface area contributed by atoms with E-state index in [2.05, 4.69) is 55.2 Å². The number of morpholine rings is 1. The predicted octanol–water partition coefficient (Wildman–Crippen LogP) is 6.24. The average molecular weight is 619 g/mol. The molecule has 0 bridgehead atoms. The Kier molecular flexibility index (Phi) is 9.15. The molecule has 1 aromatic heterocycles. The second kappa shape index (κ2) is 12.7. The van der Waals surface area contributed by atoms with Crippen molar-refractivity contribution in [1.29, 1.82) is 0 Å². The number of imidazole rings is 1. The topological polar surface area (TPSA) is 69.0 Å². The van der Waals surface area contributed by atoms with Crippen molar-refractivity contribution in [2.24, 2.45) is 12.2 Å². The first-order chi connectivity index (χ1) is 21.0. The summed E-state index contributed by atoms with van der Waals surface area (Å²) in [5.41, 5.74) is 0.781. The van der Waals surface area contributed by atoms with Gasteiger partial charge in [0.2, 0.25) is 0 Å². The molecule has 0 aliphatic carbocycles. The first-order valence-corrected chi connectivity index (χ1v) is 16.8. The number of benzene rings is 3. The molecule has 0 radical (unpaired) electrons. The minimum Gasteiger partial charge on any atom is -0.403 e. The van der Waals surface area contributed by atoms with Crippen LogP contribution in [0.1, 0.15) is 57.5 Å². The van der Waals surface area contributed by atoms with E-state index in [1.165, 1.54) is 12.5 Å². The first kappa shape index (κ1) is 31.7. The summed E-state index contributed by atoms with van der Waals surface area (Å²) in [6.07, 6.45) is 2.57. The van der Waals surface area contributed by atoms with Gasteiger partial charge in [0.05, 0.1) is 42.7 Å². The Morgan fingerprint density at radius 2 is 1.57 bits per heavy atom. The third-order valence-corrected chi connectivity index (χ3v) is 13.4. The van der Waals surface area contributed by atoms with Gasteiger partial charge in [-0.15, -0.1) is 4.91 Å². The Labute approximate surface area is 258 Å². The van der Waals surface area contributed by atoms with Gasteiger partial charge in [-0.05, 0) is 35.3 Å². The fourth-order valence-electron chi connectivity index (χ4n) is 6.55. The van der Waals surface area contributed by atoms with Crippen LogP contribution in [0.3, 0.4) is 0 Å². The van der Waals surface area contributed by atoms with Gasteiger partial charge >= 0.3 is 0 Å². The SMILES string of the molecule is C[C@@H]1CN(c2c(CO[Si](c3ccccc3)(c3ccccc3)C(C)(C)C)cc(C(N=O)c3cncn3C)c(F)c2F)C[C@H](C)O1. The molecule has 3 atom stereocenters. The first-order valence-electron chi connectivity index (χ1n) is 14.9. The summed E-state index contributed by atoms with van der Waals surface area (Å²) in [6, 6.07) is 20.6. The van der Waals surface area contributed by atoms with Gasteiger partial charge in [0.25, 0.3) is 8.32 Å². The zero-order valence-corrected chi connectivity index (χ0v) is 27.1. The van der Waals surface area contributed by atoms with Crippen LogP contribution in [-0.2, 0) is 22.8 Å². The standard InChI is InChI=1S/C34H40F2N4O3Si/c1-23-19-40(20-24(2)43-23)33-25(17-28(30(35)31(33)36)32(38-41)29-18-37-22-39(29)6)21-42-44(34(3,4)5,26-13-9-7-10-14-26)27-15-11-8-12-16-27/h7-18,22-24,32H,19-21H2,1-6H3/t23-,24+,32?. The molecule has 2 heterocycles. The molecule has 1 unspecified atom stereocenters. The van der Waals surface area contributed by atoms with E-state index in [9.17, 15) is 4.91 Å². The Morgan fingerprint density at radius 1 is 1.00 bits per heavy atom. The summed E-state index contributed by atoms with van der Waals surface area (Å²) in [4.78, 5) is 18.1. The fourth-order valence-corrected chi connectivity index (χ4v) is 11.1. The van der Waals surface area contributed by atoms with E-state index >= 15 is 8.78 Å². The molecule has 4 aromatic rings. The third kappa shape index (κ3) is 5.86. The Bertz CT molecular complexity index is 1540. The zero-order valence-electron chi connectivity index (χ0n) is 26.1. The Hall–Kier alpha value is -3.73. The van der Waals surface area contributed by atoms with Crippen LogP contribution in [0.25, 0.3) is 0 Å². The van der Waals surface area contributed by atoms with Gasteiger partial charge in [0.15, 0.2) is 17.7 Å². The van der Waals surface area contributed by atoms with Crippen molar-refractivity contribution < 1.29 is 17.9 Å². The molecule has 1 fully saturated rings. The lowest BCUT2D eigenvalue weighted by Crippen LogP contribution is -2.66. The van der Waals surface area contributed by atoms with E-state index in [1.807, 2.05) is 55.1 Å². The predicted molar refractivity (Wildman–Crippen MR) is 172 cm³/mol. The van der Waals surface area contributed by atoms with Crippen molar-refractivity contribution in [3.8, 4) is 0 Å². The number of nitroso groups, excluding NO2 is 1. The third-order valence-electron chi connectivity index (χ3n) is 8.42. The number of hydrogen-bond acceptors (Lipinski definition) is 6. The second-order valence-corrected chi connectivity index (χ2v) is 17.0. The van der Waals surface area contributed by atoms with Gasteiger partial charge in [-0.3, -0.25) is 0 Å². The van der Waals surface area contributed by atoms with Gasteiger partial charge < -0.3 is 18.6 Å². The van der Waals surface area contributed by atoms with E-state index in [0.717, 1.165) is 10.4 Å². The number of aromatic nitrogens is 2. The summed E-state index contributed by atoms with van der Waals surface area (Å²) in [5.74, 6) is -2.13. The van der Waals surface area contributed by atoms with Crippen LogP contribution < -0.4 is 15.3 Å². The number of nitrogens with zero attached hydrogens (tertiary/aromatic N) is 4. The van der Waals surface area contributed by atoms with Gasteiger partial charge in [-0.1, -0.05) is 86.6 Å². The molecule has 232 valence electrons. The van der Waals surface area contributed by atoms with Gasteiger partial charge in [0, 0.05) is 31.3 Å². The summed E-state index contributed by atoms with van der Waals surface area (Å²) in [5, 5.41) is 5.04. The van der Waals surface area contributed by atoms with Crippen LogP contribution in [0.2, 0.25) is 5.04 Å². The lowest BCUT2D eigenvalue weighted by molar-refractivity contribution is -0.00553. The minimum atomic E-state index is -3.04. The number of rotatable bonds is 9. The normalized spacial score (nSPS) is 18.3. The van der Waals surface area contributed by atoms with Crippen LogP contribution >= 0.6 is 0 Å². The lowest BCUT2D eigenvalue weighted by atomic mass is 9.98. The second-order valence-electron chi connectivity index (χ2n) is 12.7. The summed E-state index contributed by atoms with van der Waals surface area (Å²) in [7, 11) is -1.35. The summed E-state index contributed by atoms with van der Waals surface area (Å²) in [6.45, 7) is 11.1. The highest BCUT2D eigenvalue weighted by Gasteiger charge is 2.50. The number of hydrogen-bond donors (Lipinski definition) is 0. The van der Waals surface area contributed by atoms with Crippen LogP contribution in [0.15, 0.2) is 84.4 Å². The monoisotopic (exact) mass is 618 g/mol. The molecule has 5 rings (SSSR count). The van der Waals surface area contributed by atoms with Crippen LogP contribution in [-0.4, -0.2) is 43.2 Å². The van der Waals surface area contributed by atoms with Gasteiger partial charge in [0.1, 0.15) is 0 Å². The molecule has 1 aliphatic rings. The van der Waals surface area contributed by atoms with Crippen molar-refractivity contribution in [2.75, 3.05) is 18.0 Å².